The number of nitrogens with two attached hydrogens (primary N) is 3. The average Bonchev–Trinajstić information content (AvgIpc) is 1.92. The molecule has 0 radical (unpaired) electrons. The maximum Gasteiger partial charge on any atom is 0.0890 e. The molecule has 0 aliphatic heterocycles. The summed E-state index contributed by atoms with van der Waals surface area (Å²) in [5.74, 6) is 0. The lowest BCUT2D eigenvalue weighted by Gasteiger charge is -2.21. The molecule has 6 N–H and O–H groups in total. The maximum absolute atomic E-state index is 5.72. The molecule has 3 heteroatoms. The topological polar surface area (TPSA) is 78.1 Å². The van der Waals surface area contributed by atoms with E-state index in [2.05, 4.69) is 0 Å². The summed E-state index contributed by atoms with van der Waals surface area (Å²) in [5, 5.41) is 0. The summed E-state index contributed by atoms with van der Waals surface area (Å²) in [7, 11) is 0. The molecule has 0 fully saturated rings. The summed E-state index contributed by atoms with van der Waals surface area (Å²) >= 11 is 0. The van der Waals surface area contributed by atoms with Crippen LogP contribution in [-0.4, -0.2) is 0 Å². The van der Waals surface area contributed by atoms with Gasteiger partial charge in [0.25, 0.3) is 0 Å². The Labute approximate surface area is 72.5 Å². The second-order valence-electron chi connectivity index (χ2n) is 3.37. The zero-order valence-electron chi connectivity index (χ0n) is 7.46. The molecule has 0 unspecified atom stereocenters. The van der Waals surface area contributed by atoms with Gasteiger partial charge in [0.05, 0.1) is 5.66 Å². The van der Waals surface area contributed by atoms with E-state index in [1.165, 1.54) is 0 Å². The summed E-state index contributed by atoms with van der Waals surface area (Å²) in [4.78, 5) is 0. The van der Waals surface area contributed by atoms with Crippen molar-refractivity contribution in [2.45, 2.75) is 19.5 Å². The second-order valence-corrected chi connectivity index (χ2v) is 3.37. The minimum Gasteiger partial charge on any atom is -0.398 e. The Morgan fingerprint density at radius 2 is 1.83 bits per heavy atom. The first-order valence-corrected chi connectivity index (χ1v) is 3.85. The Morgan fingerprint density at radius 3 is 2.25 bits per heavy atom. The first-order valence-electron chi connectivity index (χ1n) is 3.85. The van der Waals surface area contributed by atoms with Crippen molar-refractivity contribution in [3.63, 3.8) is 0 Å². The predicted octanol–water partition coefficient (Wildman–Crippen LogP) is 0.667. The van der Waals surface area contributed by atoms with Crippen molar-refractivity contribution in [3.05, 3.63) is 29.3 Å². The monoisotopic (exact) mass is 165 g/mol. The Kier molecular flexibility index (Phi) is 2.08. The van der Waals surface area contributed by atoms with Crippen LogP contribution >= 0.6 is 0 Å². The molecule has 0 saturated carbocycles. The molecule has 0 bridgehead atoms. The highest BCUT2D eigenvalue weighted by molar-refractivity contribution is 5.51. The molecule has 12 heavy (non-hydrogen) atoms. The smallest absolute Gasteiger partial charge is 0.0890 e. The summed E-state index contributed by atoms with van der Waals surface area (Å²) < 4.78 is 0. The van der Waals surface area contributed by atoms with E-state index < -0.39 is 5.66 Å². The Hall–Kier alpha value is -1.06. The molecular weight excluding hydrogens is 150 g/mol. The van der Waals surface area contributed by atoms with E-state index in [-0.39, 0.29) is 0 Å². The van der Waals surface area contributed by atoms with Gasteiger partial charge in [-0.1, -0.05) is 17.7 Å². The number of benzene rings is 1. The number of rotatable bonds is 1. The summed E-state index contributed by atoms with van der Waals surface area (Å²) in [5.41, 5.74) is 18.9. The van der Waals surface area contributed by atoms with Crippen LogP contribution in [-0.2, 0) is 5.66 Å². The van der Waals surface area contributed by atoms with Gasteiger partial charge in [-0.05, 0) is 19.9 Å². The van der Waals surface area contributed by atoms with Crippen LogP contribution in [0.15, 0.2) is 18.2 Å². The molecule has 0 saturated heterocycles. The van der Waals surface area contributed by atoms with Gasteiger partial charge in [-0.15, -0.1) is 0 Å². The van der Waals surface area contributed by atoms with Crippen LogP contribution in [0.3, 0.4) is 0 Å². The number of aryl methyl sites for hydroxylation is 1. The van der Waals surface area contributed by atoms with Gasteiger partial charge in [0.15, 0.2) is 0 Å². The van der Waals surface area contributed by atoms with Crippen molar-refractivity contribution in [2.75, 3.05) is 5.73 Å². The van der Waals surface area contributed by atoms with Gasteiger partial charge in [-0.25, -0.2) is 0 Å². The molecule has 3 nitrogen and oxygen atoms in total. The highest BCUT2D eigenvalue weighted by Gasteiger charge is 2.17. The zero-order valence-corrected chi connectivity index (χ0v) is 7.46. The number of hydrogen-bond donors (Lipinski definition) is 3. The standard InChI is InChI=1S/C9H15N3/c1-6-3-4-8(10)7(5-6)9(2,11)12/h3-5H,10-12H2,1-2H3. The number of hydrogen-bond acceptors (Lipinski definition) is 3. The van der Waals surface area contributed by atoms with Crippen LogP contribution in [0.4, 0.5) is 5.69 Å². The van der Waals surface area contributed by atoms with Crippen molar-refractivity contribution in [2.24, 2.45) is 11.5 Å². The van der Waals surface area contributed by atoms with E-state index in [0.717, 1.165) is 11.1 Å². The molecule has 66 valence electrons. The van der Waals surface area contributed by atoms with Crippen LogP contribution < -0.4 is 17.2 Å². The lowest BCUT2D eigenvalue weighted by molar-refractivity contribution is 0.522. The molecule has 0 atom stereocenters. The van der Waals surface area contributed by atoms with E-state index in [0.29, 0.717) is 5.69 Å². The molecule has 0 aliphatic rings. The molecule has 0 aliphatic carbocycles. The van der Waals surface area contributed by atoms with E-state index in [1.807, 2.05) is 25.1 Å². The van der Waals surface area contributed by atoms with Crippen molar-refractivity contribution >= 4 is 5.69 Å². The quantitative estimate of drug-likeness (QED) is 0.422. The van der Waals surface area contributed by atoms with Crippen LogP contribution in [0.25, 0.3) is 0 Å². The van der Waals surface area contributed by atoms with Gasteiger partial charge in [-0.2, -0.15) is 0 Å². The summed E-state index contributed by atoms with van der Waals surface area (Å²) in [6.45, 7) is 3.72. The van der Waals surface area contributed by atoms with E-state index in [4.69, 9.17) is 17.2 Å². The lowest BCUT2D eigenvalue weighted by atomic mass is 9.99. The summed E-state index contributed by atoms with van der Waals surface area (Å²) in [6.07, 6.45) is 0. The minimum absolute atomic E-state index is 0.646. The fourth-order valence-corrected chi connectivity index (χ4v) is 1.14. The molecule has 0 spiro atoms. The van der Waals surface area contributed by atoms with Crippen LogP contribution in [0.2, 0.25) is 0 Å². The highest BCUT2D eigenvalue weighted by atomic mass is 14.9. The minimum atomic E-state index is -0.851. The molecule has 0 aromatic heterocycles. The average molecular weight is 165 g/mol. The Bertz CT molecular complexity index is 286. The SMILES string of the molecule is Cc1ccc(N)c(C(C)(N)N)c1. The predicted molar refractivity (Wildman–Crippen MR) is 51.3 cm³/mol. The summed E-state index contributed by atoms with van der Waals surface area (Å²) in [6, 6.07) is 5.67. The van der Waals surface area contributed by atoms with Crippen molar-refractivity contribution in [3.8, 4) is 0 Å². The molecule has 1 rings (SSSR count). The van der Waals surface area contributed by atoms with Crippen LogP contribution in [0.5, 0.6) is 0 Å². The Balaban J connectivity index is 3.23. The van der Waals surface area contributed by atoms with Gasteiger partial charge in [0.2, 0.25) is 0 Å². The van der Waals surface area contributed by atoms with Gasteiger partial charge in [0, 0.05) is 11.3 Å². The van der Waals surface area contributed by atoms with E-state index >= 15 is 0 Å². The molecule has 0 heterocycles. The van der Waals surface area contributed by atoms with Gasteiger partial charge in [0.1, 0.15) is 0 Å². The lowest BCUT2D eigenvalue weighted by Crippen LogP contribution is -2.43. The zero-order chi connectivity index (χ0) is 9.35. The van der Waals surface area contributed by atoms with Crippen molar-refractivity contribution in [1.29, 1.82) is 0 Å². The third kappa shape index (κ3) is 1.75. The third-order valence-corrected chi connectivity index (χ3v) is 1.79. The van der Waals surface area contributed by atoms with Crippen molar-refractivity contribution in [1.82, 2.24) is 0 Å². The largest absolute Gasteiger partial charge is 0.398 e. The van der Waals surface area contributed by atoms with Gasteiger partial charge >= 0.3 is 0 Å². The number of anilines is 1. The van der Waals surface area contributed by atoms with E-state index in [9.17, 15) is 0 Å². The first-order chi connectivity index (χ1) is 5.41. The molecule has 0 amide bonds. The van der Waals surface area contributed by atoms with Crippen LogP contribution in [0.1, 0.15) is 18.1 Å². The van der Waals surface area contributed by atoms with Crippen molar-refractivity contribution < 1.29 is 0 Å². The van der Waals surface area contributed by atoms with Gasteiger partial charge < -0.3 is 17.2 Å². The molecular formula is C9H15N3. The highest BCUT2D eigenvalue weighted by Crippen LogP contribution is 2.20. The Morgan fingerprint density at radius 1 is 1.25 bits per heavy atom. The normalized spacial score (nSPS) is 11.7. The molecule has 1 aromatic carbocycles. The van der Waals surface area contributed by atoms with Gasteiger partial charge in [-0.3, -0.25) is 0 Å². The fraction of sp³-hybridized carbons (Fsp3) is 0.333. The van der Waals surface area contributed by atoms with Crippen LogP contribution in [0, 0.1) is 6.92 Å². The number of nitrogen functional groups attached to an aromatic ring is 1. The fourth-order valence-electron chi connectivity index (χ4n) is 1.14. The van der Waals surface area contributed by atoms with E-state index in [1.54, 1.807) is 6.92 Å². The first kappa shape index (κ1) is 9.03. The molecule has 1 aromatic rings. The maximum atomic E-state index is 5.72. The third-order valence-electron chi connectivity index (χ3n) is 1.79. The second kappa shape index (κ2) is 2.77.